The van der Waals surface area contributed by atoms with Gasteiger partial charge in [0.25, 0.3) is 0 Å². The summed E-state index contributed by atoms with van der Waals surface area (Å²) in [4.78, 5) is 30.7. The molecule has 2 aromatic rings. The molecular formula is C23H29NO4. The number of Topliss-reactive ketones (excluding diaryl/α,β-unsaturated/α-hetero) is 1. The van der Waals surface area contributed by atoms with Crippen LogP contribution in [0.25, 0.3) is 0 Å². The molecule has 28 heavy (non-hydrogen) atoms. The van der Waals surface area contributed by atoms with Crippen molar-refractivity contribution >= 4 is 11.9 Å². The largest absolute Gasteiger partial charge is 0.442 e. The van der Waals surface area contributed by atoms with E-state index in [0.29, 0.717) is 0 Å². The molecule has 0 unspecified atom stereocenters. The molecule has 0 N–H and O–H groups in total. The summed E-state index contributed by atoms with van der Waals surface area (Å²) < 4.78 is 5.55. The van der Waals surface area contributed by atoms with Crippen LogP contribution in [-0.2, 0) is 21.0 Å². The van der Waals surface area contributed by atoms with Crippen molar-refractivity contribution in [2.75, 3.05) is 0 Å². The van der Waals surface area contributed by atoms with Crippen molar-refractivity contribution < 1.29 is 19.2 Å². The third-order valence-electron chi connectivity index (χ3n) is 4.01. The van der Waals surface area contributed by atoms with Gasteiger partial charge >= 0.3 is 6.09 Å². The van der Waals surface area contributed by atoms with E-state index in [4.69, 9.17) is 9.57 Å². The highest BCUT2D eigenvalue weighted by molar-refractivity contribution is 5.77. The van der Waals surface area contributed by atoms with Crippen LogP contribution in [0.1, 0.15) is 56.8 Å². The second-order valence-corrected chi connectivity index (χ2v) is 7.90. The molecule has 5 heteroatoms. The highest BCUT2D eigenvalue weighted by Gasteiger charge is 2.31. The van der Waals surface area contributed by atoms with Crippen LogP contribution < -0.4 is 0 Å². The van der Waals surface area contributed by atoms with Crippen LogP contribution in [0.2, 0.25) is 0 Å². The molecule has 5 nitrogen and oxygen atoms in total. The zero-order valence-corrected chi connectivity index (χ0v) is 17.3. The van der Waals surface area contributed by atoms with E-state index in [0.717, 1.165) is 16.7 Å². The van der Waals surface area contributed by atoms with Crippen molar-refractivity contribution in [3.8, 4) is 0 Å². The van der Waals surface area contributed by atoms with Crippen LogP contribution in [0.5, 0.6) is 0 Å². The monoisotopic (exact) mass is 383 g/mol. The number of hydrogen-bond acceptors (Lipinski definition) is 4. The predicted octanol–water partition coefficient (Wildman–Crippen LogP) is 5.38. The number of ether oxygens (including phenoxy) is 1. The quantitative estimate of drug-likeness (QED) is 0.602. The molecule has 150 valence electrons. The van der Waals surface area contributed by atoms with Crippen LogP contribution in [0, 0.1) is 6.92 Å². The molecule has 0 bridgehead atoms. The van der Waals surface area contributed by atoms with Gasteiger partial charge < -0.3 is 4.74 Å². The van der Waals surface area contributed by atoms with Crippen molar-refractivity contribution in [3.63, 3.8) is 0 Å². The first-order chi connectivity index (χ1) is 13.2. The Balaban J connectivity index is 2.34. The van der Waals surface area contributed by atoms with Crippen LogP contribution in [0.3, 0.4) is 0 Å². The third-order valence-corrected chi connectivity index (χ3v) is 4.01. The van der Waals surface area contributed by atoms with Gasteiger partial charge in [0.2, 0.25) is 0 Å². The number of amides is 1. The maximum absolute atomic E-state index is 12.9. The van der Waals surface area contributed by atoms with E-state index in [9.17, 15) is 9.59 Å². The number of benzene rings is 2. The number of carbonyl (C=O) groups excluding carboxylic acids is 2. The van der Waals surface area contributed by atoms with Crippen molar-refractivity contribution in [1.82, 2.24) is 5.06 Å². The first-order valence-corrected chi connectivity index (χ1v) is 9.41. The molecule has 0 fully saturated rings. The number of hydroxylamine groups is 2. The fourth-order valence-corrected chi connectivity index (χ4v) is 2.69. The fourth-order valence-electron chi connectivity index (χ4n) is 2.69. The zero-order chi connectivity index (χ0) is 20.7. The van der Waals surface area contributed by atoms with Crippen LogP contribution in [0.15, 0.2) is 54.6 Å². The van der Waals surface area contributed by atoms with Crippen LogP contribution >= 0.6 is 0 Å². The lowest BCUT2D eigenvalue weighted by Crippen LogP contribution is -2.40. The lowest BCUT2D eigenvalue weighted by Gasteiger charge is -2.32. The summed E-state index contributed by atoms with van der Waals surface area (Å²) in [6, 6.07) is 16.7. The Morgan fingerprint density at radius 2 is 1.61 bits per heavy atom. The lowest BCUT2D eigenvalue weighted by molar-refractivity contribution is -0.183. The van der Waals surface area contributed by atoms with Crippen molar-refractivity contribution in [1.29, 1.82) is 0 Å². The molecule has 0 heterocycles. The molecule has 0 saturated carbocycles. The summed E-state index contributed by atoms with van der Waals surface area (Å²) in [5.41, 5.74) is 2.15. The number of carbonyl (C=O) groups is 2. The van der Waals surface area contributed by atoms with Gasteiger partial charge in [-0.3, -0.25) is 9.63 Å². The van der Waals surface area contributed by atoms with E-state index in [1.165, 1.54) is 12.0 Å². The van der Waals surface area contributed by atoms with Gasteiger partial charge in [0.1, 0.15) is 18.0 Å². The third kappa shape index (κ3) is 6.82. The molecule has 1 atom stereocenters. The minimum Gasteiger partial charge on any atom is -0.442 e. The van der Waals surface area contributed by atoms with Gasteiger partial charge in [-0.15, -0.1) is 0 Å². The van der Waals surface area contributed by atoms with E-state index >= 15 is 0 Å². The summed E-state index contributed by atoms with van der Waals surface area (Å²) in [5.74, 6) is -0.0394. The molecule has 2 rings (SSSR count). The summed E-state index contributed by atoms with van der Waals surface area (Å²) >= 11 is 0. The molecule has 0 aliphatic heterocycles. The average Bonchev–Trinajstić information content (AvgIpc) is 2.61. The van der Waals surface area contributed by atoms with Crippen molar-refractivity contribution in [2.45, 2.75) is 59.3 Å². The second kappa shape index (κ2) is 9.51. The number of nitrogens with zero attached hydrogens (tertiary/aromatic N) is 1. The maximum atomic E-state index is 12.9. The van der Waals surface area contributed by atoms with Gasteiger partial charge in [0.05, 0.1) is 6.04 Å². The van der Waals surface area contributed by atoms with E-state index in [1.807, 2.05) is 61.5 Å². The Morgan fingerprint density at radius 1 is 1.00 bits per heavy atom. The molecule has 0 saturated heterocycles. The Labute approximate surface area is 167 Å². The van der Waals surface area contributed by atoms with Crippen molar-refractivity contribution in [2.24, 2.45) is 0 Å². The number of aryl methyl sites for hydroxylation is 1. The predicted molar refractivity (Wildman–Crippen MR) is 109 cm³/mol. The molecule has 0 aliphatic rings. The number of hydrogen-bond donors (Lipinski definition) is 0. The minimum atomic E-state index is -0.681. The minimum absolute atomic E-state index is 0.0394. The van der Waals surface area contributed by atoms with Crippen LogP contribution in [-0.4, -0.2) is 22.5 Å². The number of ketones is 1. The molecule has 0 spiro atoms. The highest BCUT2D eigenvalue weighted by Crippen LogP contribution is 2.28. The maximum Gasteiger partial charge on any atom is 0.435 e. The summed E-state index contributed by atoms with van der Waals surface area (Å²) in [7, 11) is 0. The summed E-state index contributed by atoms with van der Waals surface area (Å²) in [6.45, 7) is 9.08. The molecule has 0 aromatic heterocycles. The summed E-state index contributed by atoms with van der Waals surface area (Å²) in [5, 5.41) is 1.20. The van der Waals surface area contributed by atoms with Gasteiger partial charge in [0, 0.05) is 6.42 Å². The smallest absolute Gasteiger partial charge is 0.435 e. The first kappa shape index (κ1) is 21.6. The summed E-state index contributed by atoms with van der Waals surface area (Å²) in [6.07, 6.45) is -0.479. The Morgan fingerprint density at radius 3 is 2.14 bits per heavy atom. The first-order valence-electron chi connectivity index (χ1n) is 9.41. The molecule has 0 aliphatic carbocycles. The standard InChI is InChI=1S/C23H29NO4/c1-17-11-13-20(14-12-17)21(15-18(2)25)24(22(26)28-23(3,4)5)27-16-19-9-7-6-8-10-19/h6-14,21H,15-16H2,1-5H3/t21-/m0/s1. The molecule has 2 aromatic carbocycles. The van der Waals surface area contributed by atoms with Crippen molar-refractivity contribution in [3.05, 3.63) is 71.3 Å². The van der Waals surface area contributed by atoms with Gasteiger partial charge in [-0.25, -0.2) is 4.79 Å². The Hall–Kier alpha value is -2.66. The van der Waals surface area contributed by atoms with Crippen LogP contribution in [0.4, 0.5) is 4.79 Å². The zero-order valence-electron chi connectivity index (χ0n) is 17.3. The van der Waals surface area contributed by atoms with Gasteiger partial charge in [-0.05, 0) is 45.7 Å². The normalized spacial score (nSPS) is 12.3. The fraction of sp³-hybridized carbons (Fsp3) is 0.391. The van der Waals surface area contributed by atoms with Gasteiger partial charge in [-0.2, -0.15) is 5.06 Å². The molecule has 0 radical (unpaired) electrons. The lowest BCUT2D eigenvalue weighted by atomic mass is 10.0. The van der Waals surface area contributed by atoms with E-state index in [-0.39, 0.29) is 18.8 Å². The van der Waals surface area contributed by atoms with Gasteiger partial charge in [-0.1, -0.05) is 60.2 Å². The van der Waals surface area contributed by atoms with Gasteiger partial charge in [0.15, 0.2) is 0 Å². The SMILES string of the molecule is CC(=O)C[C@@H](c1ccc(C)cc1)N(OCc1ccccc1)C(=O)OC(C)(C)C. The van der Waals surface area contributed by atoms with E-state index in [1.54, 1.807) is 20.8 Å². The Kier molecular flexibility index (Phi) is 7.35. The van der Waals surface area contributed by atoms with E-state index in [2.05, 4.69) is 0 Å². The molecule has 1 amide bonds. The van der Waals surface area contributed by atoms with E-state index < -0.39 is 17.7 Å². The Bertz CT molecular complexity index is 778. The average molecular weight is 383 g/mol. The number of rotatable bonds is 7. The molecular weight excluding hydrogens is 354 g/mol. The highest BCUT2D eigenvalue weighted by atomic mass is 16.7. The topological polar surface area (TPSA) is 55.8 Å². The second-order valence-electron chi connectivity index (χ2n) is 7.90.